The predicted octanol–water partition coefficient (Wildman–Crippen LogP) is 2.72. The molecular weight excluding hydrogens is 344 g/mol. The Labute approximate surface area is 146 Å². The van der Waals surface area contributed by atoms with Crippen LogP contribution in [-0.2, 0) is 10.0 Å². The van der Waals surface area contributed by atoms with E-state index >= 15 is 0 Å². The van der Waals surface area contributed by atoms with Crippen LogP contribution in [0.3, 0.4) is 0 Å². The number of rotatable bonds is 4. The molecule has 0 bridgehead atoms. The van der Waals surface area contributed by atoms with E-state index in [2.05, 4.69) is 5.32 Å². The van der Waals surface area contributed by atoms with E-state index in [0.717, 1.165) is 24.8 Å². The van der Waals surface area contributed by atoms with Gasteiger partial charge in [0.05, 0.1) is 5.69 Å². The number of carbonyl (C=O) groups excluding carboxylic acids is 1. The summed E-state index contributed by atoms with van der Waals surface area (Å²) in [5, 5.41) is 12.1. The maximum atomic E-state index is 12.5. The number of phenolic OH excluding ortho intramolecular Hbond substituents is 1. The van der Waals surface area contributed by atoms with Gasteiger partial charge in [0.25, 0.3) is 15.9 Å². The number of furan rings is 1. The molecule has 2 heterocycles. The van der Waals surface area contributed by atoms with E-state index in [1.165, 1.54) is 22.5 Å². The molecule has 1 aliphatic heterocycles. The minimum atomic E-state index is -3.73. The highest BCUT2D eigenvalue weighted by molar-refractivity contribution is 7.89. The molecule has 1 amide bonds. The second kappa shape index (κ2) is 6.89. The summed E-state index contributed by atoms with van der Waals surface area (Å²) in [5.41, 5.74) is 1.10. The number of hydrogen-bond donors (Lipinski definition) is 2. The van der Waals surface area contributed by atoms with Gasteiger partial charge in [0.2, 0.25) is 5.09 Å². The van der Waals surface area contributed by atoms with Gasteiger partial charge in [-0.15, -0.1) is 0 Å². The highest BCUT2D eigenvalue weighted by Crippen LogP contribution is 2.26. The number of carbonyl (C=O) groups is 1. The zero-order chi connectivity index (χ0) is 18.0. The van der Waals surface area contributed by atoms with E-state index in [0.29, 0.717) is 13.1 Å². The monoisotopic (exact) mass is 364 g/mol. The second-order valence-electron chi connectivity index (χ2n) is 6.06. The fourth-order valence-corrected chi connectivity index (χ4v) is 4.18. The molecular formula is C17H20N2O5S. The van der Waals surface area contributed by atoms with Gasteiger partial charge in [0.1, 0.15) is 5.75 Å². The number of sulfonamides is 1. The minimum Gasteiger partial charge on any atom is -0.506 e. The van der Waals surface area contributed by atoms with Crippen molar-refractivity contribution in [1.29, 1.82) is 0 Å². The summed E-state index contributed by atoms with van der Waals surface area (Å²) in [6.45, 7) is 2.74. The average molecular weight is 364 g/mol. The minimum absolute atomic E-state index is 0.0772. The van der Waals surface area contributed by atoms with Gasteiger partial charge in [-0.1, -0.05) is 12.5 Å². The Kier molecular flexibility index (Phi) is 4.82. The van der Waals surface area contributed by atoms with Crippen LogP contribution in [0, 0.1) is 6.92 Å². The molecule has 1 fully saturated rings. The number of piperidine rings is 1. The van der Waals surface area contributed by atoms with Gasteiger partial charge >= 0.3 is 0 Å². The van der Waals surface area contributed by atoms with Crippen molar-refractivity contribution in [2.75, 3.05) is 18.4 Å². The number of nitrogens with zero attached hydrogens (tertiary/aromatic N) is 1. The molecule has 0 unspecified atom stereocenters. The number of phenols is 1. The molecule has 1 aromatic heterocycles. The first kappa shape index (κ1) is 17.5. The molecule has 2 N–H and O–H groups in total. The van der Waals surface area contributed by atoms with Crippen LogP contribution in [0.15, 0.2) is 39.8 Å². The van der Waals surface area contributed by atoms with Crippen molar-refractivity contribution in [2.45, 2.75) is 31.3 Å². The number of nitrogens with one attached hydrogen (secondary N) is 1. The van der Waals surface area contributed by atoms with Gasteiger partial charge in [0.15, 0.2) is 5.76 Å². The van der Waals surface area contributed by atoms with Crippen LogP contribution < -0.4 is 5.32 Å². The van der Waals surface area contributed by atoms with E-state index in [1.54, 1.807) is 12.1 Å². The zero-order valence-corrected chi connectivity index (χ0v) is 14.7. The van der Waals surface area contributed by atoms with Gasteiger partial charge < -0.3 is 14.8 Å². The summed E-state index contributed by atoms with van der Waals surface area (Å²) >= 11 is 0. The van der Waals surface area contributed by atoms with Crippen molar-refractivity contribution in [3.05, 3.63) is 41.7 Å². The molecule has 25 heavy (non-hydrogen) atoms. The van der Waals surface area contributed by atoms with Crippen molar-refractivity contribution < 1.29 is 22.7 Å². The fraction of sp³-hybridized carbons (Fsp3) is 0.353. The lowest BCUT2D eigenvalue weighted by molar-refractivity contribution is 0.0991. The maximum Gasteiger partial charge on any atom is 0.291 e. The lowest BCUT2D eigenvalue weighted by Gasteiger charge is -2.24. The summed E-state index contributed by atoms with van der Waals surface area (Å²) in [6, 6.07) is 7.40. The Morgan fingerprint density at radius 1 is 1.16 bits per heavy atom. The highest BCUT2D eigenvalue weighted by Gasteiger charge is 2.29. The van der Waals surface area contributed by atoms with Crippen molar-refractivity contribution in [2.24, 2.45) is 0 Å². The molecule has 134 valence electrons. The first-order valence-electron chi connectivity index (χ1n) is 8.09. The van der Waals surface area contributed by atoms with Gasteiger partial charge in [-0.05, 0) is 49.6 Å². The van der Waals surface area contributed by atoms with Crippen LogP contribution in [0.4, 0.5) is 5.69 Å². The molecule has 0 atom stereocenters. The van der Waals surface area contributed by atoms with Crippen LogP contribution >= 0.6 is 0 Å². The molecule has 8 heteroatoms. The van der Waals surface area contributed by atoms with Crippen LogP contribution in [0.25, 0.3) is 0 Å². The number of amides is 1. The molecule has 0 aliphatic carbocycles. The van der Waals surface area contributed by atoms with Crippen molar-refractivity contribution in [1.82, 2.24) is 4.31 Å². The summed E-state index contributed by atoms with van der Waals surface area (Å²) in [7, 11) is -3.73. The Morgan fingerprint density at radius 3 is 2.60 bits per heavy atom. The normalized spacial score (nSPS) is 15.9. The number of aryl methyl sites for hydroxylation is 1. The van der Waals surface area contributed by atoms with Crippen LogP contribution in [0.5, 0.6) is 5.75 Å². The quantitative estimate of drug-likeness (QED) is 0.813. The average Bonchev–Trinajstić information content (AvgIpc) is 3.10. The van der Waals surface area contributed by atoms with Crippen LogP contribution in [0.2, 0.25) is 0 Å². The molecule has 0 spiro atoms. The largest absolute Gasteiger partial charge is 0.506 e. The van der Waals surface area contributed by atoms with Crippen molar-refractivity contribution in [3.63, 3.8) is 0 Å². The predicted molar refractivity (Wildman–Crippen MR) is 92.1 cm³/mol. The summed E-state index contributed by atoms with van der Waals surface area (Å²) in [6.07, 6.45) is 2.65. The van der Waals surface area contributed by atoms with E-state index in [1.807, 2.05) is 6.92 Å². The molecule has 1 saturated heterocycles. The van der Waals surface area contributed by atoms with Crippen LogP contribution in [0.1, 0.15) is 35.4 Å². The third kappa shape index (κ3) is 3.69. The third-order valence-electron chi connectivity index (χ3n) is 4.11. The lowest BCUT2D eigenvalue weighted by atomic mass is 10.2. The molecule has 0 saturated carbocycles. The van der Waals surface area contributed by atoms with Crippen LogP contribution in [-0.4, -0.2) is 36.8 Å². The number of benzene rings is 1. The highest BCUT2D eigenvalue weighted by atomic mass is 32.2. The molecule has 0 radical (unpaired) electrons. The molecule has 1 aromatic carbocycles. The standard InChI is InChI=1S/C17H20N2O5S/c1-12-5-6-14(20)13(11-12)18-17(21)15-7-8-16(24-15)25(22,23)19-9-3-2-4-10-19/h5-8,11,20H,2-4,9-10H2,1H3,(H,18,21). The lowest BCUT2D eigenvalue weighted by Crippen LogP contribution is -2.35. The van der Waals surface area contributed by atoms with E-state index < -0.39 is 15.9 Å². The maximum absolute atomic E-state index is 12.5. The summed E-state index contributed by atoms with van der Waals surface area (Å²) < 4.78 is 31.7. The Balaban J connectivity index is 1.78. The fourth-order valence-electron chi connectivity index (χ4n) is 2.75. The Morgan fingerprint density at radius 2 is 1.88 bits per heavy atom. The van der Waals surface area contributed by atoms with Gasteiger partial charge in [-0.3, -0.25) is 4.79 Å². The van der Waals surface area contributed by atoms with Gasteiger partial charge in [-0.25, -0.2) is 8.42 Å². The Bertz CT molecular complexity index is 882. The molecule has 7 nitrogen and oxygen atoms in total. The zero-order valence-electron chi connectivity index (χ0n) is 13.9. The van der Waals surface area contributed by atoms with E-state index in [9.17, 15) is 18.3 Å². The van der Waals surface area contributed by atoms with Crippen molar-refractivity contribution >= 4 is 21.6 Å². The number of aromatic hydroxyl groups is 1. The number of hydrogen-bond acceptors (Lipinski definition) is 5. The topological polar surface area (TPSA) is 99.8 Å². The Hall–Kier alpha value is -2.32. The van der Waals surface area contributed by atoms with Gasteiger partial charge in [0, 0.05) is 13.1 Å². The second-order valence-corrected chi connectivity index (χ2v) is 7.93. The molecule has 2 aromatic rings. The number of anilines is 1. The SMILES string of the molecule is Cc1ccc(O)c(NC(=O)c2ccc(S(=O)(=O)N3CCCCC3)o2)c1. The van der Waals surface area contributed by atoms with E-state index in [-0.39, 0.29) is 22.3 Å². The summed E-state index contributed by atoms with van der Waals surface area (Å²) in [5.74, 6) is -0.829. The first-order chi connectivity index (χ1) is 11.9. The van der Waals surface area contributed by atoms with Gasteiger partial charge in [-0.2, -0.15) is 4.31 Å². The molecule has 1 aliphatic rings. The first-order valence-corrected chi connectivity index (χ1v) is 9.53. The van der Waals surface area contributed by atoms with E-state index in [4.69, 9.17) is 4.42 Å². The smallest absolute Gasteiger partial charge is 0.291 e. The van der Waals surface area contributed by atoms with Crippen molar-refractivity contribution in [3.8, 4) is 5.75 Å². The molecule has 3 rings (SSSR count). The summed E-state index contributed by atoms with van der Waals surface area (Å²) in [4.78, 5) is 12.3. The third-order valence-corrected chi connectivity index (χ3v) is 5.89.